The third kappa shape index (κ3) is 3.27. The summed E-state index contributed by atoms with van der Waals surface area (Å²) in [6, 6.07) is 5.67. The van der Waals surface area contributed by atoms with Crippen molar-refractivity contribution in [2.75, 3.05) is 57.6 Å². The maximum Gasteiger partial charge on any atom is 0.144 e. The van der Waals surface area contributed by atoms with Crippen molar-refractivity contribution in [1.29, 1.82) is 0 Å². The summed E-state index contributed by atoms with van der Waals surface area (Å²) < 4.78 is 10.6. The molecule has 5 nitrogen and oxygen atoms in total. The predicted octanol–water partition coefficient (Wildman–Crippen LogP) is 1.02. The van der Waals surface area contributed by atoms with Crippen molar-refractivity contribution in [2.24, 2.45) is 0 Å². The molecule has 2 rings (SSSR count). The van der Waals surface area contributed by atoms with Crippen LogP contribution in [0.2, 0.25) is 0 Å². The van der Waals surface area contributed by atoms with Crippen LogP contribution in [0, 0.1) is 0 Å². The molecule has 18 heavy (non-hydrogen) atoms. The van der Waals surface area contributed by atoms with Crippen LogP contribution in [0.4, 0.5) is 11.4 Å². The first-order valence-electron chi connectivity index (χ1n) is 6.27. The van der Waals surface area contributed by atoms with Gasteiger partial charge in [-0.15, -0.1) is 0 Å². The average molecular weight is 251 g/mol. The van der Waals surface area contributed by atoms with Gasteiger partial charge >= 0.3 is 0 Å². The minimum atomic E-state index is 0.719. The van der Waals surface area contributed by atoms with E-state index in [2.05, 4.69) is 10.2 Å². The average Bonchev–Trinajstić information content (AvgIpc) is 2.41. The number of methoxy groups -OCH3 is 1. The van der Waals surface area contributed by atoms with E-state index in [0.717, 1.165) is 56.5 Å². The zero-order valence-electron chi connectivity index (χ0n) is 10.8. The van der Waals surface area contributed by atoms with Gasteiger partial charge in [-0.2, -0.15) is 0 Å². The first-order chi connectivity index (χ1) is 8.81. The predicted molar refractivity (Wildman–Crippen MR) is 73.2 cm³/mol. The SMILES string of the molecule is COc1cccc(N)c1NCCN1CCOCC1. The van der Waals surface area contributed by atoms with Crippen LogP contribution in [-0.2, 0) is 4.74 Å². The summed E-state index contributed by atoms with van der Waals surface area (Å²) in [5.41, 5.74) is 7.54. The van der Waals surface area contributed by atoms with Crippen LogP contribution in [0.1, 0.15) is 0 Å². The van der Waals surface area contributed by atoms with Gasteiger partial charge in [0.05, 0.1) is 26.0 Å². The van der Waals surface area contributed by atoms with Gasteiger partial charge in [-0.25, -0.2) is 0 Å². The lowest BCUT2D eigenvalue weighted by molar-refractivity contribution is 0.0398. The molecule has 1 heterocycles. The summed E-state index contributed by atoms with van der Waals surface area (Å²) in [7, 11) is 1.65. The number of para-hydroxylation sites is 1. The fourth-order valence-corrected chi connectivity index (χ4v) is 2.07. The monoisotopic (exact) mass is 251 g/mol. The molecular formula is C13H21N3O2. The largest absolute Gasteiger partial charge is 0.495 e. The standard InChI is InChI=1S/C13H21N3O2/c1-17-12-4-2-3-11(14)13(12)15-5-6-16-7-9-18-10-8-16/h2-4,15H,5-10,14H2,1H3. The first kappa shape index (κ1) is 13.0. The second-order valence-electron chi connectivity index (χ2n) is 4.31. The molecule has 0 bridgehead atoms. The molecule has 0 aromatic heterocycles. The molecule has 0 amide bonds. The molecule has 5 heteroatoms. The van der Waals surface area contributed by atoms with E-state index < -0.39 is 0 Å². The van der Waals surface area contributed by atoms with E-state index in [9.17, 15) is 0 Å². The van der Waals surface area contributed by atoms with Crippen LogP contribution in [0.5, 0.6) is 5.75 Å². The molecule has 100 valence electrons. The molecule has 0 saturated carbocycles. The van der Waals surface area contributed by atoms with Crippen molar-refractivity contribution in [2.45, 2.75) is 0 Å². The highest BCUT2D eigenvalue weighted by atomic mass is 16.5. The zero-order chi connectivity index (χ0) is 12.8. The molecule has 3 N–H and O–H groups in total. The molecule has 0 spiro atoms. The van der Waals surface area contributed by atoms with Gasteiger partial charge in [0.25, 0.3) is 0 Å². The van der Waals surface area contributed by atoms with E-state index in [-0.39, 0.29) is 0 Å². The van der Waals surface area contributed by atoms with Crippen molar-refractivity contribution < 1.29 is 9.47 Å². The summed E-state index contributed by atoms with van der Waals surface area (Å²) >= 11 is 0. The Morgan fingerprint density at radius 2 is 2.17 bits per heavy atom. The normalized spacial score (nSPS) is 16.5. The van der Waals surface area contributed by atoms with E-state index in [1.165, 1.54) is 0 Å². The Kier molecular flexibility index (Phi) is 4.66. The number of benzene rings is 1. The van der Waals surface area contributed by atoms with Gasteiger partial charge in [-0.3, -0.25) is 4.90 Å². The molecule has 1 saturated heterocycles. The lowest BCUT2D eigenvalue weighted by Crippen LogP contribution is -2.39. The summed E-state index contributed by atoms with van der Waals surface area (Å²) in [6.45, 7) is 5.51. The van der Waals surface area contributed by atoms with Gasteiger partial charge in [0.15, 0.2) is 0 Å². The number of nitrogens with two attached hydrogens (primary N) is 1. The van der Waals surface area contributed by atoms with Gasteiger partial charge in [0.1, 0.15) is 11.4 Å². The third-order valence-corrected chi connectivity index (χ3v) is 3.11. The molecule has 1 aromatic carbocycles. The van der Waals surface area contributed by atoms with Gasteiger partial charge in [-0.05, 0) is 12.1 Å². The van der Waals surface area contributed by atoms with Crippen molar-refractivity contribution in [3.8, 4) is 5.75 Å². The summed E-state index contributed by atoms with van der Waals surface area (Å²) in [6.07, 6.45) is 0. The first-order valence-corrected chi connectivity index (χ1v) is 6.27. The number of morpholine rings is 1. The highest BCUT2D eigenvalue weighted by Crippen LogP contribution is 2.29. The minimum Gasteiger partial charge on any atom is -0.495 e. The minimum absolute atomic E-state index is 0.719. The number of nitrogens with one attached hydrogen (secondary N) is 1. The van der Waals surface area contributed by atoms with E-state index in [0.29, 0.717) is 0 Å². The van der Waals surface area contributed by atoms with Crippen molar-refractivity contribution in [3.63, 3.8) is 0 Å². The van der Waals surface area contributed by atoms with Crippen molar-refractivity contribution in [1.82, 2.24) is 4.90 Å². The van der Waals surface area contributed by atoms with Crippen LogP contribution in [0.25, 0.3) is 0 Å². The fourth-order valence-electron chi connectivity index (χ4n) is 2.07. The lowest BCUT2D eigenvalue weighted by Gasteiger charge is -2.26. The Morgan fingerprint density at radius 1 is 1.39 bits per heavy atom. The van der Waals surface area contributed by atoms with Crippen LogP contribution in [0.3, 0.4) is 0 Å². The Hall–Kier alpha value is -1.46. The van der Waals surface area contributed by atoms with Crippen molar-refractivity contribution in [3.05, 3.63) is 18.2 Å². The van der Waals surface area contributed by atoms with Crippen LogP contribution in [0.15, 0.2) is 18.2 Å². The third-order valence-electron chi connectivity index (χ3n) is 3.11. The van der Waals surface area contributed by atoms with Gasteiger partial charge in [0, 0.05) is 26.2 Å². The number of hydrogen-bond acceptors (Lipinski definition) is 5. The number of rotatable bonds is 5. The Morgan fingerprint density at radius 3 is 2.89 bits per heavy atom. The molecule has 0 unspecified atom stereocenters. The molecule has 0 atom stereocenters. The molecule has 0 aliphatic carbocycles. The Labute approximate surface area is 108 Å². The van der Waals surface area contributed by atoms with Gasteiger partial charge in [-0.1, -0.05) is 6.07 Å². The van der Waals surface area contributed by atoms with Crippen LogP contribution < -0.4 is 15.8 Å². The number of nitrogen functional groups attached to an aromatic ring is 1. The molecular weight excluding hydrogens is 230 g/mol. The number of anilines is 2. The summed E-state index contributed by atoms with van der Waals surface area (Å²) in [5, 5.41) is 3.35. The molecule has 1 aromatic rings. The highest BCUT2D eigenvalue weighted by molar-refractivity contribution is 5.73. The highest BCUT2D eigenvalue weighted by Gasteiger charge is 2.10. The molecule has 1 aliphatic rings. The van der Waals surface area contributed by atoms with Crippen molar-refractivity contribution >= 4 is 11.4 Å². The molecule has 0 radical (unpaired) electrons. The molecule has 1 aliphatic heterocycles. The Bertz CT molecular complexity index is 378. The van der Waals surface area contributed by atoms with Crippen LogP contribution >= 0.6 is 0 Å². The van der Waals surface area contributed by atoms with E-state index >= 15 is 0 Å². The number of hydrogen-bond donors (Lipinski definition) is 2. The number of nitrogens with zero attached hydrogens (tertiary/aromatic N) is 1. The smallest absolute Gasteiger partial charge is 0.144 e. The van der Waals surface area contributed by atoms with E-state index in [1.807, 2.05) is 18.2 Å². The maximum absolute atomic E-state index is 5.94. The quantitative estimate of drug-likeness (QED) is 0.765. The topological polar surface area (TPSA) is 59.8 Å². The second-order valence-corrected chi connectivity index (χ2v) is 4.31. The maximum atomic E-state index is 5.94. The summed E-state index contributed by atoms with van der Waals surface area (Å²) in [4.78, 5) is 2.38. The molecule has 1 fully saturated rings. The fraction of sp³-hybridized carbons (Fsp3) is 0.538. The second kappa shape index (κ2) is 6.47. The van der Waals surface area contributed by atoms with E-state index in [4.69, 9.17) is 15.2 Å². The summed E-state index contributed by atoms with van der Waals surface area (Å²) in [5.74, 6) is 0.789. The van der Waals surface area contributed by atoms with Gasteiger partial charge in [0.2, 0.25) is 0 Å². The van der Waals surface area contributed by atoms with Crippen LogP contribution in [-0.4, -0.2) is 51.4 Å². The Balaban J connectivity index is 1.85. The van der Waals surface area contributed by atoms with E-state index in [1.54, 1.807) is 7.11 Å². The van der Waals surface area contributed by atoms with Gasteiger partial charge < -0.3 is 20.5 Å². The zero-order valence-corrected chi connectivity index (χ0v) is 10.8. The lowest BCUT2D eigenvalue weighted by atomic mass is 10.2. The number of ether oxygens (including phenoxy) is 2.